The number of hydrogen-bond donors (Lipinski definition) is 0. The number of methoxy groups -OCH3 is 1. The number of aliphatic imine (C=N–C) groups is 1. The van der Waals surface area contributed by atoms with Crippen molar-refractivity contribution in [3.05, 3.63) is 123 Å². The molecule has 0 fully saturated rings. The van der Waals surface area contributed by atoms with Crippen molar-refractivity contribution in [2.75, 3.05) is 25.1 Å². The number of allylic oxidation sites excluding steroid dienone is 1. The molecule has 0 aliphatic carbocycles. The van der Waals surface area contributed by atoms with Crippen LogP contribution in [0.25, 0.3) is 17.2 Å². The molecule has 0 saturated heterocycles. The molecule has 7 heteroatoms. The number of carbonyl (C=O) groups excluding carboxylic acids is 1. The maximum atomic E-state index is 11.8. The minimum atomic E-state index is -0.343. The SMILES string of the molecule is COC(=O)c1ccc(CN2CCN=C(/C=C/c3cnccc3-c3cccc(Br)c3)c3ccc(Cl)cc32)cc1. The second kappa shape index (κ2) is 11.8. The number of nitrogens with zero attached hydrogens (tertiary/aromatic N) is 3. The maximum Gasteiger partial charge on any atom is 0.337 e. The van der Waals surface area contributed by atoms with Crippen molar-refractivity contribution >= 4 is 51.0 Å². The van der Waals surface area contributed by atoms with E-state index in [0.29, 0.717) is 23.7 Å². The number of halogens is 2. The van der Waals surface area contributed by atoms with Gasteiger partial charge >= 0.3 is 5.97 Å². The molecule has 0 spiro atoms. The van der Waals surface area contributed by atoms with E-state index in [1.807, 2.05) is 60.9 Å². The molecule has 0 amide bonds. The molecule has 0 saturated carbocycles. The van der Waals surface area contributed by atoms with Crippen LogP contribution in [0.2, 0.25) is 5.02 Å². The van der Waals surface area contributed by atoms with Crippen LogP contribution in [0.4, 0.5) is 5.69 Å². The van der Waals surface area contributed by atoms with Crippen LogP contribution in [-0.2, 0) is 11.3 Å². The van der Waals surface area contributed by atoms with Crippen LogP contribution >= 0.6 is 27.5 Å². The van der Waals surface area contributed by atoms with E-state index in [1.165, 1.54) is 7.11 Å². The summed E-state index contributed by atoms with van der Waals surface area (Å²) in [5.41, 5.74) is 7.76. The van der Waals surface area contributed by atoms with Crippen LogP contribution in [-0.4, -0.2) is 36.9 Å². The van der Waals surface area contributed by atoms with Crippen molar-refractivity contribution in [1.82, 2.24) is 4.98 Å². The van der Waals surface area contributed by atoms with E-state index in [4.69, 9.17) is 21.3 Å². The lowest BCUT2D eigenvalue weighted by molar-refractivity contribution is 0.0600. The number of pyridine rings is 1. The van der Waals surface area contributed by atoms with Crippen molar-refractivity contribution in [3.8, 4) is 11.1 Å². The Balaban J connectivity index is 1.44. The average Bonchev–Trinajstić information content (AvgIpc) is 3.10. The molecule has 38 heavy (non-hydrogen) atoms. The van der Waals surface area contributed by atoms with Gasteiger partial charge in [-0.25, -0.2) is 4.79 Å². The number of anilines is 1. The van der Waals surface area contributed by atoms with E-state index in [-0.39, 0.29) is 5.97 Å². The first-order chi connectivity index (χ1) is 18.5. The van der Waals surface area contributed by atoms with Gasteiger partial charge in [0.15, 0.2) is 0 Å². The van der Waals surface area contributed by atoms with Gasteiger partial charge in [-0.15, -0.1) is 0 Å². The minimum absolute atomic E-state index is 0.343. The highest BCUT2D eigenvalue weighted by Crippen LogP contribution is 2.31. The molecule has 1 aliphatic rings. The molecule has 5 rings (SSSR count). The third kappa shape index (κ3) is 5.87. The Morgan fingerprint density at radius 3 is 2.68 bits per heavy atom. The van der Waals surface area contributed by atoms with Gasteiger partial charge < -0.3 is 9.64 Å². The van der Waals surface area contributed by atoms with Crippen LogP contribution in [0.1, 0.15) is 27.0 Å². The highest BCUT2D eigenvalue weighted by molar-refractivity contribution is 9.10. The molecule has 4 aromatic rings. The highest BCUT2D eigenvalue weighted by atomic mass is 79.9. The molecule has 3 aromatic carbocycles. The third-order valence-corrected chi connectivity index (χ3v) is 7.11. The summed E-state index contributed by atoms with van der Waals surface area (Å²) in [5.74, 6) is -0.343. The van der Waals surface area contributed by atoms with Crippen molar-refractivity contribution in [1.29, 1.82) is 0 Å². The first kappa shape index (κ1) is 25.9. The maximum absolute atomic E-state index is 11.8. The lowest BCUT2D eigenvalue weighted by Gasteiger charge is -2.25. The Bertz CT molecular complexity index is 1530. The van der Waals surface area contributed by atoms with Crippen LogP contribution in [0.15, 0.2) is 101 Å². The first-order valence-electron chi connectivity index (χ1n) is 12.2. The van der Waals surface area contributed by atoms with Gasteiger partial charge in [0.25, 0.3) is 0 Å². The van der Waals surface area contributed by atoms with E-state index < -0.39 is 0 Å². The fourth-order valence-corrected chi connectivity index (χ4v) is 5.06. The Labute approximate surface area is 235 Å². The molecule has 5 nitrogen and oxygen atoms in total. The second-order valence-electron chi connectivity index (χ2n) is 8.85. The zero-order valence-electron chi connectivity index (χ0n) is 20.8. The van der Waals surface area contributed by atoms with Gasteiger partial charge in [-0.3, -0.25) is 9.98 Å². The topological polar surface area (TPSA) is 54.8 Å². The number of rotatable bonds is 6. The van der Waals surface area contributed by atoms with Crippen molar-refractivity contribution in [3.63, 3.8) is 0 Å². The molecule has 190 valence electrons. The van der Waals surface area contributed by atoms with Crippen molar-refractivity contribution in [2.24, 2.45) is 4.99 Å². The number of benzene rings is 3. The average molecular weight is 587 g/mol. The summed E-state index contributed by atoms with van der Waals surface area (Å²) in [7, 11) is 1.38. The molecule has 1 aromatic heterocycles. The molecule has 1 aliphatic heterocycles. The molecule has 0 radical (unpaired) electrons. The predicted octanol–water partition coefficient (Wildman–Crippen LogP) is 7.47. The van der Waals surface area contributed by atoms with E-state index in [1.54, 1.807) is 12.1 Å². The number of ether oxygens (including phenoxy) is 1. The van der Waals surface area contributed by atoms with Crippen LogP contribution in [0, 0.1) is 0 Å². The Kier molecular flexibility index (Phi) is 8.01. The van der Waals surface area contributed by atoms with Gasteiger partial charge in [-0.1, -0.05) is 57.9 Å². The van der Waals surface area contributed by atoms with Crippen LogP contribution < -0.4 is 4.90 Å². The fourth-order valence-electron chi connectivity index (χ4n) is 4.50. The summed E-state index contributed by atoms with van der Waals surface area (Å²) in [6.45, 7) is 2.04. The standard InChI is InChI=1S/C31H25BrClN3O2/c1-38-31(37)22-7-5-21(6-8-22)20-36-16-15-35-29(28-11-10-26(33)18-30(28)36)12-9-24-19-34-14-13-27(24)23-3-2-4-25(32)17-23/h2-14,17-19H,15-16,20H2,1H3/b12-9+. The summed E-state index contributed by atoms with van der Waals surface area (Å²) in [4.78, 5) is 23.4. The van der Waals surface area contributed by atoms with E-state index in [0.717, 1.165) is 50.2 Å². The van der Waals surface area contributed by atoms with E-state index in [2.05, 4.69) is 50.1 Å². The number of hydrogen-bond acceptors (Lipinski definition) is 5. The number of esters is 1. The molecular formula is C31H25BrClN3O2. The highest BCUT2D eigenvalue weighted by Gasteiger charge is 2.19. The van der Waals surface area contributed by atoms with Gasteiger partial charge in [0, 0.05) is 51.8 Å². The number of fused-ring (bicyclic) bond motifs is 1. The van der Waals surface area contributed by atoms with Gasteiger partial charge in [-0.2, -0.15) is 0 Å². The zero-order valence-corrected chi connectivity index (χ0v) is 23.1. The van der Waals surface area contributed by atoms with Crippen molar-refractivity contribution < 1.29 is 9.53 Å². The first-order valence-corrected chi connectivity index (χ1v) is 13.3. The Hall–Kier alpha value is -3.74. The van der Waals surface area contributed by atoms with Gasteiger partial charge in [-0.05, 0) is 71.3 Å². The second-order valence-corrected chi connectivity index (χ2v) is 10.2. The summed E-state index contributed by atoms with van der Waals surface area (Å²) in [6.07, 6.45) is 7.81. The molecule has 2 heterocycles. The quantitative estimate of drug-likeness (QED) is 0.220. The van der Waals surface area contributed by atoms with Crippen LogP contribution in [0.3, 0.4) is 0 Å². The Morgan fingerprint density at radius 1 is 1.05 bits per heavy atom. The predicted molar refractivity (Wildman–Crippen MR) is 158 cm³/mol. The summed E-state index contributed by atoms with van der Waals surface area (Å²) in [5, 5.41) is 0.671. The number of aromatic nitrogens is 1. The van der Waals surface area contributed by atoms with E-state index >= 15 is 0 Å². The fraction of sp³-hybridized carbons (Fsp3) is 0.129. The minimum Gasteiger partial charge on any atom is -0.465 e. The lowest BCUT2D eigenvalue weighted by atomic mass is 10.00. The van der Waals surface area contributed by atoms with E-state index in [9.17, 15) is 4.79 Å². The number of benzodiazepines with no additional fused rings is 1. The molecular weight excluding hydrogens is 562 g/mol. The molecule has 0 N–H and O–H groups in total. The van der Waals surface area contributed by atoms with Gasteiger partial charge in [0.2, 0.25) is 0 Å². The zero-order chi connectivity index (χ0) is 26.5. The lowest BCUT2D eigenvalue weighted by Crippen LogP contribution is -2.25. The largest absolute Gasteiger partial charge is 0.465 e. The number of carbonyl (C=O) groups is 1. The third-order valence-electron chi connectivity index (χ3n) is 6.39. The van der Waals surface area contributed by atoms with Gasteiger partial charge in [0.1, 0.15) is 0 Å². The normalized spacial score (nSPS) is 13.1. The monoisotopic (exact) mass is 585 g/mol. The molecule has 0 bridgehead atoms. The smallest absolute Gasteiger partial charge is 0.337 e. The summed E-state index contributed by atoms with van der Waals surface area (Å²) < 4.78 is 5.84. The Morgan fingerprint density at radius 2 is 1.89 bits per heavy atom. The summed E-state index contributed by atoms with van der Waals surface area (Å²) in [6, 6.07) is 23.7. The molecule has 0 atom stereocenters. The van der Waals surface area contributed by atoms with Gasteiger partial charge in [0.05, 0.1) is 24.9 Å². The summed E-state index contributed by atoms with van der Waals surface area (Å²) >= 11 is 10.0. The van der Waals surface area contributed by atoms with Crippen molar-refractivity contribution in [2.45, 2.75) is 6.54 Å². The van der Waals surface area contributed by atoms with Crippen LogP contribution in [0.5, 0.6) is 0 Å². The molecule has 0 unspecified atom stereocenters.